The highest BCUT2D eigenvalue weighted by Gasteiger charge is 2.30. The lowest BCUT2D eigenvalue weighted by molar-refractivity contribution is 0.343. The fourth-order valence-corrected chi connectivity index (χ4v) is 2.60. The van der Waals surface area contributed by atoms with Gasteiger partial charge in [-0.2, -0.15) is 17.2 Å². The Labute approximate surface area is 118 Å². The summed E-state index contributed by atoms with van der Waals surface area (Å²) in [6.07, 6.45) is 0.0741. The molecule has 1 aromatic carbocycles. The van der Waals surface area contributed by atoms with Crippen LogP contribution in [0.15, 0.2) is 0 Å². The van der Waals surface area contributed by atoms with Crippen LogP contribution >= 0.6 is 0 Å². The van der Waals surface area contributed by atoms with Crippen molar-refractivity contribution in [3.8, 4) is 5.75 Å². The maximum absolute atomic E-state index is 13.3. The van der Waals surface area contributed by atoms with Gasteiger partial charge in [0.1, 0.15) is 0 Å². The minimum absolute atomic E-state index is 0.0741. The van der Waals surface area contributed by atoms with Crippen LogP contribution < -0.4 is 4.18 Å². The Bertz CT molecular complexity index is 621. The fourth-order valence-electron chi connectivity index (χ4n) is 1.26. The fraction of sp³-hybridized carbons (Fsp3) is 0.500. The molecule has 120 valence electrons. The zero-order chi connectivity index (χ0) is 16.6. The highest BCUT2D eigenvalue weighted by molar-refractivity contribution is 7.87. The Morgan fingerprint density at radius 2 is 1.24 bits per heavy atom. The predicted molar refractivity (Wildman–Crippen MR) is 64.7 cm³/mol. The molecular formula is C12H13F5O3S. The second-order valence-corrected chi connectivity index (χ2v) is 7.25. The lowest BCUT2D eigenvalue weighted by Gasteiger charge is -2.18. The second-order valence-electron chi connectivity index (χ2n) is 5.55. The maximum atomic E-state index is 13.3. The molecule has 1 aromatic rings. The van der Waals surface area contributed by atoms with Gasteiger partial charge in [0, 0.05) is 0 Å². The van der Waals surface area contributed by atoms with Gasteiger partial charge in [0.25, 0.3) is 0 Å². The smallest absolute Gasteiger partial charge is 0.309 e. The monoisotopic (exact) mass is 332 g/mol. The average Bonchev–Trinajstić information content (AvgIpc) is 2.36. The van der Waals surface area contributed by atoms with Crippen LogP contribution in [0.4, 0.5) is 22.0 Å². The van der Waals surface area contributed by atoms with Crippen molar-refractivity contribution < 1.29 is 34.6 Å². The molecule has 0 amide bonds. The Morgan fingerprint density at radius 1 is 0.857 bits per heavy atom. The van der Waals surface area contributed by atoms with Gasteiger partial charge in [-0.1, -0.05) is 20.8 Å². The quantitative estimate of drug-likeness (QED) is 0.367. The van der Waals surface area contributed by atoms with Crippen LogP contribution in [0.2, 0.25) is 0 Å². The van der Waals surface area contributed by atoms with Crippen molar-refractivity contribution in [2.24, 2.45) is 5.41 Å². The highest BCUT2D eigenvalue weighted by Crippen LogP contribution is 2.30. The van der Waals surface area contributed by atoms with E-state index in [-0.39, 0.29) is 6.42 Å². The Hall–Kier alpha value is -1.38. The Kier molecular flexibility index (Phi) is 4.87. The second kappa shape index (κ2) is 5.78. The van der Waals surface area contributed by atoms with Gasteiger partial charge in [-0.15, -0.1) is 0 Å². The van der Waals surface area contributed by atoms with E-state index < -0.39 is 56.1 Å². The normalized spacial score (nSPS) is 12.6. The summed E-state index contributed by atoms with van der Waals surface area (Å²) in [5.41, 5.74) is -0.424. The van der Waals surface area contributed by atoms with Crippen molar-refractivity contribution in [3.63, 3.8) is 0 Å². The van der Waals surface area contributed by atoms with Crippen molar-refractivity contribution >= 4 is 10.1 Å². The van der Waals surface area contributed by atoms with Crippen LogP contribution in [0.1, 0.15) is 27.2 Å². The van der Waals surface area contributed by atoms with Crippen molar-refractivity contribution in [2.45, 2.75) is 27.2 Å². The molecule has 0 bridgehead atoms. The largest absolute Gasteiger partial charge is 0.376 e. The molecule has 3 nitrogen and oxygen atoms in total. The first-order chi connectivity index (χ1) is 9.36. The lowest BCUT2D eigenvalue weighted by Crippen LogP contribution is -2.20. The number of hydrogen-bond acceptors (Lipinski definition) is 3. The van der Waals surface area contributed by atoms with E-state index in [4.69, 9.17) is 0 Å². The van der Waals surface area contributed by atoms with E-state index in [0.717, 1.165) is 0 Å². The number of halogens is 5. The standard InChI is InChI=1S/C12H13F5O3S/c1-12(2,3)4-5-21(18,19)20-11-9(16)7(14)6(13)8(15)10(11)17/h4-5H2,1-3H3. The molecule has 0 aliphatic carbocycles. The Morgan fingerprint density at radius 3 is 1.62 bits per heavy atom. The highest BCUT2D eigenvalue weighted by atomic mass is 32.2. The van der Waals surface area contributed by atoms with E-state index in [1.807, 2.05) is 0 Å². The number of hydrogen-bond donors (Lipinski definition) is 0. The van der Waals surface area contributed by atoms with Crippen molar-refractivity contribution in [1.82, 2.24) is 0 Å². The van der Waals surface area contributed by atoms with E-state index in [9.17, 15) is 30.4 Å². The van der Waals surface area contributed by atoms with Crippen molar-refractivity contribution in [1.29, 1.82) is 0 Å². The summed E-state index contributed by atoms with van der Waals surface area (Å²) in [5, 5.41) is 0. The van der Waals surface area contributed by atoms with Gasteiger partial charge in [0.15, 0.2) is 0 Å². The molecule has 0 radical (unpaired) electrons. The third kappa shape index (κ3) is 4.29. The summed E-state index contributed by atoms with van der Waals surface area (Å²) >= 11 is 0. The molecule has 0 N–H and O–H groups in total. The molecule has 0 spiro atoms. The van der Waals surface area contributed by atoms with E-state index in [0.29, 0.717) is 0 Å². The maximum Gasteiger partial charge on any atom is 0.309 e. The molecule has 0 aromatic heterocycles. The first kappa shape index (κ1) is 17.7. The molecule has 0 saturated carbocycles. The molecular weight excluding hydrogens is 319 g/mol. The molecule has 9 heteroatoms. The van der Waals surface area contributed by atoms with Gasteiger partial charge >= 0.3 is 10.1 Å². The summed E-state index contributed by atoms with van der Waals surface area (Å²) in [6.45, 7) is 5.13. The number of rotatable bonds is 4. The summed E-state index contributed by atoms with van der Waals surface area (Å²) < 4.78 is 92.4. The van der Waals surface area contributed by atoms with Crippen LogP contribution in [0.5, 0.6) is 5.75 Å². The summed E-state index contributed by atoms with van der Waals surface area (Å²) in [5.74, 6) is -14.0. The van der Waals surface area contributed by atoms with Crippen LogP contribution in [0.3, 0.4) is 0 Å². The van der Waals surface area contributed by atoms with Crippen LogP contribution in [-0.4, -0.2) is 14.2 Å². The van der Waals surface area contributed by atoms with E-state index in [2.05, 4.69) is 4.18 Å². The molecule has 21 heavy (non-hydrogen) atoms. The summed E-state index contributed by atoms with van der Waals surface area (Å²) in [4.78, 5) is 0. The molecule has 0 aliphatic heterocycles. The molecule has 0 saturated heterocycles. The average molecular weight is 332 g/mol. The van der Waals surface area contributed by atoms with Gasteiger partial charge in [0.05, 0.1) is 5.75 Å². The molecule has 0 unspecified atom stereocenters. The zero-order valence-corrected chi connectivity index (χ0v) is 12.3. The minimum atomic E-state index is -4.49. The van der Waals surface area contributed by atoms with E-state index in [1.54, 1.807) is 20.8 Å². The van der Waals surface area contributed by atoms with E-state index >= 15 is 0 Å². The summed E-state index contributed by atoms with van der Waals surface area (Å²) in [7, 11) is -4.49. The summed E-state index contributed by atoms with van der Waals surface area (Å²) in [6, 6.07) is 0. The SMILES string of the molecule is CC(C)(C)CCS(=O)(=O)Oc1c(F)c(F)c(F)c(F)c1F. The van der Waals surface area contributed by atoms with Gasteiger partial charge in [-0.25, -0.2) is 13.2 Å². The Balaban J connectivity index is 3.14. The van der Waals surface area contributed by atoms with Crippen LogP contribution in [0, 0.1) is 34.5 Å². The van der Waals surface area contributed by atoms with E-state index in [1.165, 1.54) is 0 Å². The van der Waals surface area contributed by atoms with Crippen LogP contribution in [0.25, 0.3) is 0 Å². The first-order valence-electron chi connectivity index (χ1n) is 5.79. The zero-order valence-electron chi connectivity index (χ0n) is 11.4. The molecule has 1 rings (SSSR count). The molecule has 0 heterocycles. The van der Waals surface area contributed by atoms with Crippen molar-refractivity contribution in [2.75, 3.05) is 5.75 Å². The lowest BCUT2D eigenvalue weighted by atomic mass is 9.94. The van der Waals surface area contributed by atoms with Crippen LogP contribution in [-0.2, 0) is 10.1 Å². The molecule has 0 fully saturated rings. The van der Waals surface area contributed by atoms with Gasteiger partial charge in [-0.3, -0.25) is 0 Å². The third-order valence-corrected chi connectivity index (χ3v) is 3.61. The molecule has 0 atom stereocenters. The topological polar surface area (TPSA) is 43.4 Å². The van der Waals surface area contributed by atoms with Crippen molar-refractivity contribution in [3.05, 3.63) is 29.1 Å². The predicted octanol–water partition coefficient (Wildman–Crippen LogP) is 3.53. The van der Waals surface area contributed by atoms with Gasteiger partial charge < -0.3 is 4.18 Å². The van der Waals surface area contributed by atoms with Gasteiger partial charge in [-0.05, 0) is 11.8 Å². The minimum Gasteiger partial charge on any atom is -0.376 e. The van der Waals surface area contributed by atoms with Gasteiger partial charge in [0.2, 0.25) is 34.8 Å². The number of benzene rings is 1. The first-order valence-corrected chi connectivity index (χ1v) is 7.37. The molecule has 0 aliphatic rings. The third-order valence-electron chi connectivity index (χ3n) is 2.48.